The number of nitriles is 1. The Morgan fingerprint density at radius 3 is 3.06 bits per heavy atom. The molecule has 18 heavy (non-hydrogen) atoms. The van der Waals surface area contributed by atoms with Crippen LogP contribution >= 0.6 is 11.8 Å². The number of aryl methyl sites for hydroxylation is 1. The lowest BCUT2D eigenvalue weighted by molar-refractivity contribution is 0.179. The largest absolute Gasteiger partial charge is 0.427 e. The van der Waals surface area contributed by atoms with E-state index in [2.05, 4.69) is 20.6 Å². The second-order valence-corrected chi connectivity index (χ2v) is 4.51. The maximum atomic E-state index is 9.44. The maximum Gasteiger partial charge on any atom is 0.204 e. The number of aromatic nitrogens is 2. The third-order valence-corrected chi connectivity index (χ3v) is 3.20. The van der Waals surface area contributed by atoms with Crippen molar-refractivity contribution in [2.24, 2.45) is 4.99 Å². The lowest BCUT2D eigenvalue weighted by atomic mass is 10.4. The van der Waals surface area contributed by atoms with Crippen molar-refractivity contribution < 1.29 is 5.21 Å². The molecule has 0 saturated heterocycles. The van der Waals surface area contributed by atoms with E-state index in [1.807, 2.05) is 6.92 Å². The van der Waals surface area contributed by atoms with Crippen LogP contribution in [0.4, 0.5) is 0 Å². The first-order valence-electron chi connectivity index (χ1n) is 5.34. The Morgan fingerprint density at radius 2 is 2.50 bits per heavy atom. The van der Waals surface area contributed by atoms with Crippen molar-refractivity contribution in [2.75, 3.05) is 19.3 Å². The predicted octanol–water partition coefficient (Wildman–Crippen LogP) is 0.308. The molecule has 0 fully saturated rings. The van der Waals surface area contributed by atoms with Gasteiger partial charge in [0, 0.05) is 25.1 Å². The minimum Gasteiger partial charge on any atom is -0.427 e. The first-order valence-corrected chi connectivity index (χ1v) is 6.50. The molecule has 0 amide bonds. The summed E-state index contributed by atoms with van der Waals surface area (Å²) in [5.41, 5.74) is 1.64. The number of rotatable bonds is 5. The van der Waals surface area contributed by atoms with Gasteiger partial charge in [-0.25, -0.2) is 4.98 Å². The van der Waals surface area contributed by atoms with Crippen LogP contribution in [0.2, 0.25) is 0 Å². The molecule has 0 radical (unpaired) electrons. The Balaban J connectivity index is 2.22. The Kier molecular flexibility index (Phi) is 5.87. The van der Waals surface area contributed by atoms with E-state index in [1.165, 1.54) is 6.33 Å². The zero-order valence-electron chi connectivity index (χ0n) is 10.3. The first kappa shape index (κ1) is 14.2. The number of hydrogen-bond donors (Lipinski definition) is 3. The summed E-state index contributed by atoms with van der Waals surface area (Å²) < 4.78 is 1.05. The van der Waals surface area contributed by atoms with E-state index in [4.69, 9.17) is 5.26 Å². The molecule has 0 bridgehead atoms. The summed E-state index contributed by atoms with van der Waals surface area (Å²) in [4.78, 5) is 7.86. The molecule has 0 aliphatic heterocycles. The highest BCUT2D eigenvalue weighted by Crippen LogP contribution is 2.13. The van der Waals surface area contributed by atoms with Crippen molar-refractivity contribution in [3.8, 4) is 6.19 Å². The van der Waals surface area contributed by atoms with Gasteiger partial charge in [-0.05, 0) is 6.92 Å². The van der Waals surface area contributed by atoms with Gasteiger partial charge in [0.25, 0.3) is 0 Å². The zero-order valence-corrected chi connectivity index (χ0v) is 11.2. The molecule has 7 nitrogen and oxygen atoms in total. The molecule has 1 aromatic rings. The minimum atomic E-state index is 0.460. The van der Waals surface area contributed by atoms with Crippen molar-refractivity contribution >= 4 is 17.7 Å². The summed E-state index contributed by atoms with van der Waals surface area (Å²) in [6, 6.07) is 0. The lowest BCUT2D eigenvalue weighted by Crippen LogP contribution is -2.35. The second kappa shape index (κ2) is 7.45. The fraction of sp³-hybridized carbons (Fsp3) is 0.500. The number of guanidine groups is 1. The average molecular weight is 268 g/mol. The molecule has 0 atom stereocenters. The van der Waals surface area contributed by atoms with Crippen LogP contribution in [0.5, 0.6) is 0 Å². The van der Waals surface area contributed by atoms with E-state index < -0.39 is 0 Å². The van der Waals surface area contributed by atoms with Crippen LogP contribution in [0.3, 0.4) is 0 Å². The van der Waals surface area contributed by atoms with Crippen molar-refractivity contribution in [2.45, 2.75) is 12.7 Å². The average Bonchev–Trinajstić information content (AvgIpc) is 2.68. The summed E-state index contributed by atoms with van der Waals surface area (Å²) in [6.45, 7) is 2.55. The van der Waals surface area contributed by atoms with Gasteiger partial charge in [0.1, 0.15) is 6.33 Å². The summed E-state index contributed by atoms with van der Waals surface area (Å²) >= 11 is 1.66. The molecule has 1 rings (SSSR count). The molecule has 0 aliphatic rings. The molecular formula is C10H16N6OS. The molecule has 1 aromatic heterocycles. The van der Waals surface area contributed by atoms with Crippen LogP contribution in [0.15, 0.2) is 11.3 Å². The van der Waals surface area contributed by atoms with Crippen molar-refractivity contribution in [3.05, 3.63) is 17.7 Å². The number of thioether (sulfide) groups is 1. The molecular weight excluding hydrogens is 252 g/mol. The molecule has 0 spiro atoms. The molecule has 0 unspecified atom stereocenters. The van der Waals surface area contributed by atoms with Crippen molar-refractivity contribution in [3.63, 3.8) is 0 Å². The fourth-order valence-corrected chi connectivity index (χ4v) is 2.19. The van der Waals surface area contributed by atoms with Gasteiger partial charge < -0.3 is 10.5 Å². The fourth-order valence-electron chi connectivity index (χ4n) is 1.26. The monoisotopic (exact) mass is 268 g/mol. The molecule has 1 heterocycles. The number of hydrogen-bond acceptors (Lipinski definition) is 5. The van der Waals surface area contributed by atoms with E-state index in [9.17, 15) is 5.21 Å². The Bertz CT molecular complexity index is 430. The molecule has 3 N–H and O–H groups in total. The summed E-state index contributed by atoms with van der Waals surface area (Å²) in [5.74, 6) is 1.98. The normalized spacial score (nSPS) is 11.1. The van der Waals surface area contributed by atoms with Crippen molar-refractivity contribution in [1.82, 2.24) is 20.3 Å². The quantitative estimate of drug-likeness (QED) is 0.177. The third kappa shape index (κ3) is 4.18. The molecule has 98 valence electrons. The molecule has 8 heteroatoms. The summed E-state index contributed by atoms with van der Waals surface area (Å²) in [5, 5.41) is 23.3. The topological polar surface area (TPSA) is 98.3 Å². The van der Waals surface area contributed by atoms with Gasteiger partial charge >= 0.3 is 0 Å². The molecule has 0 aliphatic carbocycles. The third-order valence-electron chi connectivity index (χ3n) is 2.23. The first-order chi connectivity index (χ1) is 8.69. The van der Waals surface area contributed by atoms with Crippen molar-refractivity contribution in [1.29, 1.82) is 5.26 Å². The van der Waals surface area contributed by atoms with E-state index in [0.717, 1.165) is 21.9 Å². The minimum absolute atomic E-state index is 0.460. The highest BCUT2D eigenvalue weighted by Gasteiger charge is 2.06. The van der Waals surface area contributed by atoms with Gasteiger partial charge in [0.15, 0.2) is 6.19 Å². The van der Waals surface area contributed by atoms with Crippen LogP contribution in [0, 0.1) is 18.4 Å². The van der Waals surface area contributed by atoms with Crippen LogP contribution in [-0.4, -0.2) is 40.2 Å². The summed E-state index contributed by atoms with van der Waals surface area (Å²) in [7, 11) is 1.60. The maximum absolute atomic E-state index is 9.44. The molecule has 0 aromatic carbocycles. The smallest absolute Gasteiger partial charge is 0.204 e. The van der Waals surface area contributed by atoms with E-state index >= 15 is 0 Å². The van der Waals surface area contributed by atoms with Crippen LogP contribution in [0.25, 0.3) is 0 Å². The van der Waals surface area contributed by atoms with E-state index in [0.29, 0.717) is 18.3 Å². The Hall–Kier alpha value is -1.88. The number of aliphatic imine (C=N–C) groups is 1. The number of nitrogens with zero attached hydrogens (tertiary/aromatic N) is 4. The number of imidazole rings is 1. The lowest BCUT2D eigenvalue weighted by Gasteiger charge is -2.07. The van der Waals surface area contributed by atoms with Gasteiger partial charge in [-0.1, -0.05) is 0 Å². The van der Waals surface area contributed by atoms with Gasteiger partial charge in [-0.3, -0.25) is 10.3 Å². The van der Waals surface area contributed by atoms with Crippen LogP contribution in [0.1, 0.15) is 11.4 Å². The second-order valence-electron chi connectivity index (χ2n) is 3.41. The SMILES string of the molecule is CN=C(NC#N)NCCSCc1c(C)ncn1O. The zero-order chi connectivity index (χ0) is 13.4. The highest BCUT2D eigenvalue weighted by atomic mass is 32.2. The summed E-state index contributed by atoms with van der Waals surface area (Å²) in [6.07, 6.45) is 3.19. The number of nitrogens with one attached hydrogen (secondary N) is 2. The van der Waals surface area contributed by atoms with Crippen LogP contribution < -0.4 is 10.6 Å². The van der Waals surface area contributed by atoms with Gasteiger partial charge in [0.05, 0.1) is 11.4 Å². The van der Waals surface area contributed by atoms with Gasteiger partial charge in [0.2, 0.25) is 5.96 Å². The van der Waals surface area contributed by atoms with Crippen LogP contribution in [-0.2, 0) is 5.75 Å². The van der Waals surface area contributed by atoms with E-state index in [-0.39, 0.29) is 0 Å². The Labute approximate surface area is 110 Å². The molecule has 0 saturated carbocycles. The standard InChI is InChI=1S/C10H16N6OS/c1-8-9(16(17)7-15-8)5-18-4-3-13-10(12-2)14-6-11/h7,17H,3-5H2,1-2H3,(H2,12,13,14). The predicted molar refractivity (Wildman–Crippen MR) is 70.4 cm³/mol. The van der Waals surface area contributed by atoms with Gasteiger partial charge in [-0.15, -0.1) is 0 Å². The Morgan fingerprint density at radius 1 is 1.72 bits per heavy atom. The van der Waals surface area contributed by atoms with E-state index in [1.54, 1.807) is 25.0 Å². The highest BCUT2D eigenvalue weighted by molar-refractivity contribution is 7.98. The van der Waals surface area contributed by atoms with Gasteiger partial charge in [-0.2, -0.15) is 21.8 Å².